The second-order valence-corrected chi connectivity index (χ2v) is 9.91. The molecule has 40 heavy (non-hydrogen) atoms. The van der Waals surface area contributed by atoms with Crippen LogP contribution < -0.4 is 9.47 Å². The molecule has 2 aliphatic rings. The van der Waals surface area contributed by atoms with Gasteiger partial charge < -0.3 is 18.7 Å². The average molecular weight is 551 g/mol. The highest BCUT2D eigenvalue weighted by Gasteiger charge is 2.38. The topological polar surface area (TPSA) is 83.7 Å². The van der Waals surface area contributed by atoms with E-state index in [4.69, 9.17) is 18.7 Å². The number of esters is 1. The van der Waals surface area contributed by atoms with E-state index in [0.717, 1.165) is 17.2 Å². The number of aromatic nitrogens is 2. The summed E-state index contributed by atoms with van der Waals surface area (Å²) in [5, 5.41) is 3.77. The molecule has 206 valence electrons. The van der Waals surface area contributed by atoms with Crippen LogP contribution in [-0.2, 0) is 22.1 Å². The maximum atomic E-state index is 14.1. The molecule has 7 nitrogen and oxygen atoms in total. The predicted molar refractivity (Wildman–Crippen MR) is 138 cm³/mol. The smallest absolute Gasteiger partial charge is 0.417 e. The van der Waals surface area contributed by atoms with E-state index in [1.807, 2.05) is 6.07 Å². The maximum Gasteiger partial charge on any atom is 0.417 e. The molecule has 0 N–H and O–H groups in total. The number of ether oxygens (including phenoxy) is 3. The van der Waals surface area contributed by atoms with Crippen LogP contribution in [0.4, 0.5) is 13.2 Å². The molecule has 0 amide bonds. The van der Waals surface area contributed by atoms with Gasteiger partial charge in [0.05, 0.1) is 25.7 Å². The minimum Gasteiger partial charge on any atom is -0.492 e. The zero-order valence-corrected chi connectivity index (χ0v) is 21.7. The highest BCUT2D eigenvalue weighted by molar-refractivity contribution is 5.76. The zero-order chi connectivity index (χ0) is 28.0. The number of methoxy groups -OCH3 is 1. The molecule has 2 heterocycles. The Balaban J connectivity index is 1.30. The van der Waals surface area contributed by atoms with E-state index < -0.39 is 17.8 Å². The van der Waals surface area contributed by atoms with Crippen molar-refractivity contribution in [3.8, 4) is 34.1 Å². The number of benzene rings is 3. The van der Waals surface area contributed by atoms with Crippen LogP contribution in [0, 0.1) is 6.92 Å². The van der Waals surface area contributed by atoms with Crippen LogP contribution in [-0.4, -0.2) is 29.8 Å². The fourth-order valence-corrected chi connectivity index (χ4v) is 5.50. The Morgan fingerprint density at radius 2 is 1.80 bits per heavy atom. The second kappa shape index (κ2) is 10.0. The SMILES string of the molecule is COC(=O)CC1COc2cc(O[C@@H]3CCc4c3ccc(C(F)(F)F)c4-c3ccc(-c4nc(C)no4)cc3)ccc21. The van der Waals surface area contributed by atoms with Gasteiger partial charge in [-0.1, -0.05) is 29.4 Å². The standard InChI is InChI=1S/C30H25F3N2O5/c1-16-34-29(40-35-16)18-5-3-17(4-6-18)28-23-10-12-25(22(23)9-11-24(28)30(31,32)33)39-20-7-8-21-19(13-27(36)37-2)15-38-26(21)14-20/h3-9,11,14,19,25H,10,12-13,15H2,1-2H3/t19?,25-/m1/s1. The minimum absolute atomic E-state index is 0.0951. The summed E-state index contributed by atoms with van der Waals surface area (Å²) in [6.07, 6.45) is -3.75. The molecule has 1 aromatic heterocycles. The van der Waals surface area contributed by atoms with Crippen molar-refractivity contribution in [3.63, 3.8) is 0 Å². The maximum absolute atomic E-state index is 14.1. The Labute approximate surface area is 227 Å². The molecule has 0 saturated carbocycles. The normalized spacial score (nSPS) is 17.7. The number of hydrogen-bond acceptors (Lipinski definition) is 7. The zero-order valence-electron chi connectivity index (χ0n) is 21.7. The van der Waals surface area contributed by atoms with Gasteiger partial charge in [-0.2, -0.15) is 18.2 Å². The molecule has 0 radical (unpaired) electrons. The van der Waals surface area contributed by atoms with E-state index in [0.29, 0.717) is 59.4 Å². The number of nitrogens with zero attached hydrogens (tertiary/aromatic N) is 2. The van der Waals surface area contributed by atoms with Gasteiger partial charge in [-0.05, 0) is 66.3 Å². The Morgan fingerprint density at radius 1 is 1.05 bits per heavy atom. The van der Waals surface area contributed by atoms with E-state index in [1.165, 1.54) is 13.2 Å². The number of aryl methyl sites for hydroxylation is 1. The lowest BCUT2D eigenvalue weighted by Crippen LogP contribution is -2.10. The minimum atomic E-state index is -4.52. The van der Waals surface area contributed by atoms with Gasteiger partial charge in [0.25, 0.3) is 5.89 Å². The number of alkyl halides is 3. The Morgan fingerprint density at radius 3 is 2.50 bits per heavy atom. The van der Waals surface area contributed by atoms with Crippen LogP contribution in [0.5, 0.6) is 11.5 Å². The van der Waals surface area contributed by atoms with E-state index in [2.05, 4.69) is 10.1 Å². The molecule has 1 aliphatic heterocycles. The number of halogens is 3. The molecule has 10 heteroatoms. The summed E-state index contributed by atoms with van der Waals surface area (Å²) in [6, 6.07) is 14.8. The number of carbonyl (C=O) groups is 1. The molecule has 4 aromatic rings. The first-order valence-corrected chi connectivity index (χ1v) is 12.9. The van der Waals surface area contributed by atoms with Crippen LogP contribution in [0.15, 0.2) is 59.1 Å². The molecule has 6 rings (SSSR count). The van der Waals surface area contributed by atoms with E-state index in [9.17, 15) is 18.0 Å². The second-order valence-electron chi connectivity index (χ2n) is 9.91. The summed E-state index contributed by atoms with van der Waals surface area (Å²) in [5.41, 5.74) is 2.80. The van der Waals surface area contributed by atoms with Crippen molar-refractivity contribution in [3.05, 3.63) is 82.7 Å². The van der Waals surface area contributed by atoms with Crippen molar-refractivity contribution in [2.75, 3.05) is 13.7 Å². The van der Waals surface area contributed by atoms with Crippen LogP contribution in [0.25, 0.3) is 22.6 Å². The van der Waals surface area contributed by atoms with Gasteiger partial charge >= 0.3 is 12.1 Å². The van der Waals surface area contributed by atoms with E-state index >= 15 is 0 Å². The fourth-order valence-electron chi connectivity index (χ4n) is 5.50. The Hall–Kier alpha value is -4.34. The molecule has 3 aromatic carbocycles. The lowest BCUT2D eigenvalue weighted by molar-refractivity contribution is -0.141. The first-order valence-electron chi connectivity index (χ1n) is 12.9. The van der Waals surface area contributed by atoms with E-state index in [-0.39, 0.29) is 23.9 Å². The lowest BCUT2D eigenvalue weighted by atomic mass is 9.91. The van der Waals surface area contributed by atoms with Gasteiger partial charge in [-0.3, -0.25) is 4.79 Å². The quantitative estimate of drug-likeness (QED) is 0.243. The van der Waals surface area contributed by atoms with E-state index in [1.54, 1.807) is 43.3 Å². The molecule has 0 fully saturated rings. The first kappa shape index (κ1) is 25.9. The molecular weight excluding hydrogens is 525 g/mol. The van der Waals surface area contributed by atoms with Crippen molar-refractivity contribution in [2.24, 2.45) is 0 Å². The highest BCUT2D eigenvalue weighted by atomic mass is 19.4. The molecule has 0 spiro atoms. The molecule has 0 bridgehead atoms. The number of carbonyl (C=O) groups excluding carboxylic acids is 1. The van der Waals surface area contributed by atoms with Crippen LogP contribution >= 0.6 is 0 Å². The third kappa shape index (κ3) is 4.78. The number of rotatable bonds is 6. The third-order valence-corrected chi connectivity index (χ3v) is 7.39. The average Bonchev–Trinajstić information content (AvgIpc) is 3.66. The molecule has 1 aliphatic carbocycles. The summed E-state index contributed by atoms with van der Waals surface area (Å²) in [6.45, 7) is 2.06. The van der Waals surface area contributed by atoms with Gasteiger partial charge in [0, 0.05) is 23.1 Å². The van der Waals surface area contributed by atoms with Crippen molar-refractivity contribution >= 4 is 5.97 Å². The third-order valence-electron chi connectivity index (χ3n) is 7.39. The first-order chi connectivity index (χ1) is 19.2. The summed E-state index contributed by atoms with van der Waals surface area (Å²) in [7, 11) is 1.35. The molecule has 1 unspecified atom stereocenters. The monoisotopic (exact) mass is 550 g/mol. The fraction of sp³-hybridized carbons (Fsp3) is 0.300. The van der Waals surface area contributed by atoms with Gasteiger partial charge in [0.2, 0.25) is 0 Å². The lowest BCUT2D eigenvalue weighted by Gasteiger charge is -2.20. The van der Waals surface area contributed by atoms with Crippen LogP contribution in [0.1, 0.15) is 52.9 Å². The van der Waals surface area contributed by atoms with Gasteiger partial charge in [0.1, 0.15) is 17.6 Å². The van der Waals surface area contributed by atoms with Crippen molar-refractivity contribution in [2.45, 2.75) is 44.4 Å². The highest BCUT2D eigenvalue weighted by Crippen LogP contribution is 2.47. The predicted octanol–water partition coefficient (Wildman–Crippen LogP) is 6.84. The van der Waals surface area contributed by atoms with Gasteiger partial charge in [0.15, 0.2) is 5.82 Å². The number of hydrogen-bond donors (Lipinski definition) is 0. The van der Waals surface area contributed by atoms with Gasteiger partial charge in [-0.15, -0.1) is 0 Å². The van der Waals surface area contributed by atoms with Crippen molar-refractivity contribution < 1.29 is 36.7 Å². The van der Waals surface area contributed by atoms with Gasteiger partial charge in [-0.25, -0.2) is 0 Å². The summed E-state index contributed by atoms with van der Waals surface area (Å²) >= 11 is 0. The van der Waals surface area contributed by atoms with Crippen molar-refractivity contribution in [1.29, 1.82) is 0 Å². The van der Waals surface area contributed by atoms with Crippen LogP contribution in [0.3, 0.4) is 0 Å². The van der Waals surface area contributed by atoms with Crippen molar-refractivity contribution in [1.82, 2.24) is 10.1 Å². The van der Waals surface area contributed by atoms with Crippen LogP contribution in [0.2, 0.25) is 0 Å². The molecular formula is C30H25F3N2O5. The largest absolute Gasteiger partial charge is 0.492 e. The Kier molecular flexibility index (Phi) is 6.48. The molecule has 0 saturated heterocycles. The number of fused-ring (bicyclic) bond motifs is 2. The molecule has 2 atom stereocenters. The summed E-state index contributed by atoms with van der Waals surface area (Å²) in [4.78, 5) is 15.9. The Bertz CT molecular complexity index is 1580. The summed E-state index contributed by atoms with van der Waals surface area (Å²) in [5.74, 6) is 1.56. The summed E-state index contributed by atoms with van der Waals surface area (Å²) < 4.78 is 64.5.